The fourth-order valence-corrected chi connectivity index (χ4v) is 3.59. The van der Waals surface area contributed by atoms with E-state index in [-0.39, 0.29) is 0 Å². The van der Waals surface area contributed by atoms with Crippen LogP contribution >= 0.6 is 7.82 Å². The van der Waals surface area contributed by atoms with Crippen molar-refractivity contribution in [2.75, 3.05) is 13.2 Å². The molecule has 0 aromatic heterocycles. The Morgan fingerprint density at radius 3 is 2.09 bits per heavy atom. The Morgan fingerprint density at radius 1 is 1.00 bits per heavy atom. The fourth-order valence-electron chi connectivity index (χ4n) is 2.62. The molecule has 2 rings (SSSR count). The molecule has 2 aliphatic heterocycles. The zero-order valence-electron chi connectivity index (χ0n) is 12.8. The van der Waals surface area contributed by atoms with E-state index >= 15 is 0 Å². The first-order valence-corrected chi connectivity index (χ1v) is 8.77. The van der Waals surface area contributed by atoms with Crippen LogP contribution in [0, 0.1) is 0 Å². The summed E-state index contributed by atoms with van der Waals surface area (Å²) >= 11 is 0. The number of phosphoric acid groups is 1. The van der Waals surface area contributed by atoms with Gasteiger partial charge < -0.3 is 34.8 Å². The van der Waals surface area contributed by atoms with Gasteiger partial charge in [0.1, 0.15) is 36.6 Å². The lowest BCUT2D eigenvalue weighted by atomic mass is 10.1. The summed E-state index contributed by atoms with van der Waals surface area (Å²) in [5, 5.41) is 38.3. The van der Waals surface area contributed by atoms with Crippen LogP contribution in [0.15, 0.2) is 0 Å². The van der Waals surface area contributed by atoms with E-state index in [2.05, 4.69) is 0 Å². The highest BCUT2D eigenvalue weighted by molar-refractivity contribution is 7.47. The van der Waals surface area contributed by atoms with E-state index in [1.54, 1.807) is 6.92 Å². The molecule has 23 heavy (non-hydrogen) atoms. The first-order valence-electron chi connectivity index (χ1n) is 7.28. The van der Waals surface area contributed by atoms with Gasteiger partial charge in [0.25, 0.3) is 0 Å². The van der Waals surface area contributed by atoms with Crippen LogP contribution in [-0.4, -0.2) is 87.4 Å². The van der Waals surface area contributed by atoms with Gasteiger partial charge in [0, 0.05) is 0 Å². The van der Waals surface area contributed by atoms with Gasteiger partial charge in [-0.3, -0.25) is 9.05 Å². The largest absolute Gasteiger partial charge is 0.472 e. The van der Waals surface area contributed by atoms with Crippen LogP contribution in [0.3, 0.4) is 0 Å². The molecule has 0 aromatic carbocycles. The zero-order chi connectivity index (χ0) is 17.4. The molecular weight excluding hydrogens is 335 g/mol. The Bertz CT molecular complexity index is 448. The molecule has 9 atom stereocenters. The quantitative estimate of drug-likeness (QED) is 0.341. The van der Waals surface area contributed by atoms with Gasteiger partial charge in [0.15, 0.2) is 0 Å². The second-order valence-corrected chi connectivity index (χ2v) is 7.15. The second kappa shape index (κ2) is 7.40. The first kappa shape index (κ1) is 19.2. The van der Waals surface area contributed by atoms with Crippen molar-refractivity contribution in [1.29, 1.82) is 0 Å². The van der Waals surface area contributed by atoms with Crippen LogP contribution in [0.4, 0.5) is 0 Å². The van der Waals surface area contributed by atoms with Gasteiger partial charge in [0.2, 0.25) is 0 Å². The van der Waals surface area contributed by atoms with E-state index in [0.29, 0.717) is 0 Å². The van der Waals surface area contributed by atoms with E-state index in [4.69, 9.17) is 23.6 Å². The summed E-state index contributed by atoms with van der Waals surface area (Å²) < 4.78 is 32.0. The molecule has 0 aromatic rings. The number of hydrogen-bond acceptors (Lipinski definition) is 9. The Labute approximate surface area is 133 Å². The lowest BCUT2D eigenvalue weighted by molar-refractivity contribution is -0.0375. The molecule has 0 aliphatic carbocycles. The number of aliphatic hydroxyl groups excluding tert-OH is 4. The van der Waals surface area contributed by atoms with E-state index in [0.717, 1.165) is 0 Å². The summed E-state index contributed by atoms with van der Waals surface area (Å²) in [6.07, 6.45) is -8.06. The smallest absolute Gasteiger partial charge is 0.394 e. The maximum atomic E-state index is 12.0. The summed E-state index contributed by atoms with van der Waals surface area (Å²) in [5.74, 6) is 0. The molecular formula is C12H23O10P. The van der Waals surface area contributed by atoms with Crippen molar-refractivity contribution in [3.63, 3.8) is 0 Å². The van der Waals surface area contributed by atoms with Gasteiger partial charge in [-0.15, -0.1) is 0 Å². The normalized spacial score (nSPS) is 46.9. The van der Waals surface area contributed by atoms with Crippen molar-refractivity contribution >= 4 is 7.82 Å². The van der Waals surface area contributed by atoms with Crippen molar-refractivity contribution in [2.24, 2.45) is 0 Å². The number of hydrogen-bond donors (Lipinski definition) is 5. The molecule has 0 spiro atoms. The van der Waals surface area contributed by atoms with E-state index in [9.17, 15) is 24.8 Å². The molecule has 0 saturated carbocycles. The topological polar surface area (TPSA) is 155 Å². The van der Waals surface area contributed by atoms with Crippen LogP contribution in [0.1, 0.15) is 13.8 Å². The Morgan fingerprint density at radius 2 is 1.57 bits per heavy atom. The minimum Gasteiger partial charge on any atom is -0.394 e. The summed E-state index contributed by atoms with van der Waals surface area (Å²) in [4.78, 5) is 9.73. The summed E-state index contributed by atoms with van der Waals surface area (Å²) in [5.41, 5.74) is 0. The van der Waals surface area contributed by atoms with Crippen molar-refractivity contribution in [2.45, 2.75) is 62.7 Å². The fraction of sp³-hybridized carbons (Fsp3) is 1.00. The van der Waals surface area contributed by atoms with Gasteiger partial charge in [-0.05, 0) is 13.8 Å². The maximum absolute atomic E-state index is 12.0. The highest BCUT2D eigenvalue weighted by Crippen LogP contribution is 2.47. The third kappa shape index (κ3) is 4.29. The number of aliphatic hydroxyl groups is 4. The first-order chi connectivity index (χ1) is 10.7. The minimum absolute atomic E-state index is 0.487. The van der Waals surface area contributed by atoms with E-state index in [1.807, 2.05) is 0 Å². The Balaban J connectivity index is 1.91. The van der Waals surface area contributed by atoms with Gasteiger partial charge >= 0.3 is 7.82 Å². The Kier molecular flexibility index (Phi) is 6.18. The summed E-state index contributed by atoms with van der Waals surface area (Å²) in [6.45, 7) is 2.09. The van der Waals surface area contributed by atoms with Crippen molar-refractivity contribution < 1.29 is 48.4 Å². The van der Waals surface area contributed by atoms with E-state index in [1.165, 1.54) is 6.92 Å². The molecule has 2 heterocycles. The highest BCUT2D eigenvalue weighted by atomic mass is 31.2. The van der Waals surface area contributed by atoms with Crippen molar-refractivity contribution in [1.82, 2.24) is 0 Å². The molecule has 136 valence electrons. The van der Waals surface area contributed by atoms with Gasteiger partial charge in [0.05, 0.1) is 25.4 Å². The van der Waals surface area contributed by atoms with Crippen LogP contribution < -0.4 is 0 Å². The van der Waals surface area contributed by atoms with Crippen molar-refractivity contribution in [3.8, 4) is 0 Å². The number of ether oxygens (including phenoxy) is 2. The molecule has 0 amide bonds. The SMILES string of the molecule is C[C@@H]1O[C@H](COP(=O)(O)O[C@H]2[C@@H](O)[C@H](C)O[C@@H]2CO)[C@@H](O)[C@H]1O. The zero-order valence-corrected chi connectivity index (χ0v) is 13.7. The third-order valence-corrected chi connectivity index (χ3v) is 5.00. The molecule has 2 saturated heterocycles. The average molecular weight is 358 g/mol. The predicted octanol–water partition coefficient (Wildman–Crippen LogP) is -1.86. The third-order valence-electron chi connectivity index (χ3n) is 4.01. The van der Waals surface area contributed by atoms with Gasteiger partial charge in [-0.25, -0.2) is 4.57 Å². The highest BCUT2D eigenvalue weighted by Gasteiger charge is 2.47. The molecule has 5 N–H and O–H groups in total. The molecule has 2 aliphatic rings. The van der Waals surface area contributed by atoms with Crippen LogP contribution in [0.2, 0.25) is 0 Å². The van der Waals surface area contributed by atoms with Crippen LogP contribution in [0.5, 0.6) is 0 Å². The Hall–Kier alpha value is -0.130. The maximum Gasteiger partial charge on any atom is 0.472 e. The molecule has 0 bridgehead atoms. The predicted molar refractivity (Wildman–Crippen MR) is 74.4 cm³/mol. The van der Waals surface area contributed by atoms with Gasteiger partial charge in [-0.2, -0.15) is 0 Å². The molecule has 1 unspecified atom stereocenters. The average Bonchev–Trinajstić information content (AvgIpc) is 2.89. The number of phosphoric ester groups is 1. The molecule has 10 nitrogen and oxygen atoms in total. The lowest BCUT2D eigenvalue weighted by Gasteiger charge is -2.23. The number of rotatable bonds is 6. The van der Waals surface area contributed by atoms with Gasteiger partial charge in [-0.1, -0.05) is 0 Å². The van der Waals surface area contributed by atoms with Crippen LogP contribution in [0.25, 0.3) is 0 Å². The standard InChI is InChI=1S/C12H23O10P/c1-5-9(14)11(16)8(21-5)4-19-23(17,18)22-12-7(3-13)20-6(2)10(12)15/h5-16H,3-4H2,1-2H3,(H,17,18)/t5-,6-,7+,8+,9-,10-,11+,12+/m0/s1. The molecule has 11 heteroatoms. The minimum atomic E-state index is -4.60. The molecule has 2 fully saturated rings. The van der Waals surface area contributed by atoms with E-state index < -0.39 is 69.9 Å². The van der Waals surface area contributed by atoms with Crippen LogP contribution in [-0.2, 0) is 23.1 Å². The molecule has 0 radical (unpaired) electrons. The monoisotopic (exact) mass is 358 g/mol. The summed E-state index contributed by atoms with van der Waals surface area (Å²) in [7, 11) is -4.60. The van der Waals surface area contributed by atoms with Crippen molar-refractivity contribution in [3.05, 3.63) is 0 Å². The second-order valence-electron chi connectivity index (χ2n) is 5.75. The lowest BCUT2D eigenvalue weighted by Crippen LogP contribution is -2.36. The summed E-state index contributed by atoms with van der Waals surface area (Å²) in [6, 6.07) is 0.